The van der Waals surface area contributed by atoms with Crippen molar-refractivity contribution in [1.82, 2.24) is 0 Å². The second-order valence-corrected chi connectivity index (χ2v) is 8.44. The van der Waals surface area contributed by atoms with Crippen LogP contribution in [-0.2, 0) is 14.6 Å². The van der Waals surface area contributed by atoms with Crippen molar-refractivity contribution in [1.29, 1.82) is 0 Å². The van der Waals surface area contributed by atoms with Crippen molar-refractivity contribution < 1.29 is 17.6 Å². The Hall–Kier alpha value is -2.41. The third-order valence-corrected chi connectivity index (χ3v) is 5.51. The largest absolute Gasteiger partial charge is 0.465 e. The Kier molecular flexibility index (Phi) is 5.51. The summed E-state index contributed by atoms with van der Waals surface area (Å²) in [4.78, 5) is 12.7. The van der Waals surface area contributed by atoms with E-state index in [9.17, 15) is 13.2 Å². The zero-order valence-corrected chi connectivity index (χ0v) is 16.3. The monoisotopic (exact) mass is 404 g/mol. The predicted molar refractivity (Wildman–Crippen MR) is 104 cm³/mol. The Morgan fingerprint density at radius 1 is 1.00 bits per heavy atom. The van der Waals surface area contributed by atoms with Gasteiger partial charge in [0, 0.05) is 24.5 Å². The zero-order valence-electron chi connectivity index (χ0n) is 14.7. The van der Waals surface area contributed by atoms with E-state index in [4.69, 9.17) is 20.8 Å². The molecule has 1 heterocycles. The highest BCUT2D eigenvalue weighted by Gasteiger charge is 2.23. The third kappa shape index (κ3) is 4.13. The van der Waals surface area contributed by atoms with Gasteiger partial charge in [-0.1, -0.05) is 35.9 Å². The van der Waals surface area contributed by atoms with Crippen LogP contribution in [0.25, 0.3) is 11.1 Å². The van der Waals surface area contributed by atoms with E-state index in [-0.39, 0.29) is 10.3 Å². The highest BCUT2D eigenvalue weighted by atomic mass is 35.5. The number of benzene rings is 2. The first-order chi connectivity index (χ1) is 12.8. The first-order valence-electron chi connectivity index (χ1n) is 8.01. The topological polar surface area (TPSA) is 73.6 Å². The van der Waals surface area contributed by atoms with E-state index in [2.05, 4.69) is 0 Å². The Morgan fingerprint density at radius 3 is 2.19 bits per heavy atom. The van der Waals surface area contributed by atoms with Gasteiger partial charge in [0.25, 0.3) is 0 Å². The first-order valence-corrected chi connectivity index (χ1v) is 10.3. The summed E-state index contributed by atoms with van der Waals surface area (Å²) in [5.41, 5.74) is 1.47. The highest BCUT2D eigenvalue weighted by molar-refractivity contribution is 7.90. The normalized spacial score (nSPS) is 12.7. The smallest absolute Gasteiger partial charge is 0.193 e. The summed E-state index contributed by atoms with van der Waals surface area (Å²) >= 11 is 5.94. The average Bonchev–Trinajstić information content (AvgIpc) is 2.63. The van der Waals surface area contributed by atoms with Gasteiger partial charge in [-0.3, -0.25) is 4.79 Å². The molecule has 1 aromatic heterocycles. The van der Waals surface area contributed by atoms with Crippen LogP contribution < -0.4 is 5.43 Å². The molecule has 0 bridgehead atoms. The quantitative estimate of drug-likeness (QED) is 0.640. The third-order valence-electron chi connectivity index (χ3n) is 4.12. The van der Waals surface area contributed by atoms with Crippen molar-refractivity contribution in [2.75, 3.05) is 13.4 Å². The van der Waals surface area contributed by atoms with E-state index in [0.717, 1.165) is 6.26 Å². The van der Waals surface area contributed by atoms with Crippen LogP contribution in [0.15, 0.2) is 75.0 Å². The minimum atomic E-state index is -3.31. The van der Waals surface area contributed by atoms with Crippen LogP contribution in [0, 0.1) is 0 Å². The molecule has 1 atom stereocenters. The lowest BCUT2D eigenvalue weighted by Gasteiger charge is -2.18. The highest BCUT2D eigenvalue weighted by Crippen LogP contribution is 2.32. The van der Waals surface area contributed by atoms with Crippen LogP contribution >= 0.6 is 11.6 Å². The molecule has 3 aromatic rings. The van der Waals surface area contributed by atoms with Crippen molar-refractivity contribution in [3.05, 3.63) is 87.4 Å². The van der Waals surface area contributed by atoms with Crippen LogP contribution in [0.4, 0.5) is 0 Å². The number of methoxy groups -OCH3 is 1. The van der Waals surface area contributed by atoms with Crippen LogP contribution in [0.1, 0.15) is 17.4 Å². The molecule has 0 N–H and O–H groups in total. The fourth-order valence-electron chi connectivity index (χ4n) is 2.81. The lowest BCUT2D eigenvalue weighted by molar-refractivity contribution is 0.115. The zero-order chi connectivity index (χ0) is 19.6. The van der Waals surface area contributed by atoms with E-state index in [1.165, 1.54) is 31.6 Å². The lowest BCUT2D eigenvalue weighted by Crippen LogP contribution is -2.12. The fraction of sp³-hybridized carbons (Fsp3) is 0.150. The fourth-order valence-corrected chi connectivity index (χ4v) is 3.57. The van der Waals surface area contributed by atoms with Crippen molar-refractivity contribution in [2.24, 2.45) is 0 Å². The van der Waals surface area contributed by atoms with Gasteiger partial charge in [0.1, 0.15) is 11.9 Å². The van der Waals surface area contributed by atoms with Crippen LogP contribution in [0.5, 0.6) is 0 Å². The van der Waals surface area contributed by atoms with Gasteiger partial charge in [-0.2, -0.15) is 0 Å². The Balaban J connectivity index is 2.12. The Labute approximate surface area is 162 Å². The number of halogens is 1. The van der Waals surface area contributed by atoms with E-state index < -0.39 is 15.9 Å². The van der Waals surface area contributed by atoms with Gasteiger partial charge in [0.2, 0.25) is 0 Å². The molecule has 0 spiro atoms. The Morgan fingerprint density at radius 2 is 1.63 bits per heavy atom. The number of hydrogen-bond acceptors (Lipinski definition) is 5. The van der Waals surface area contributed by atoms with E-state index in [1.807, 2.05) is 0 Å². The second-order valence-electron chi connectivity index (χ2n) is 5.99. The molecule has 7 heteroatoms. The molecule has 0 aliphatic rings. The van der Waals surface area contributed by atoms with Crippen LogP contribution in [0.3, 0.4) is 0 Å². The summed E-state index contributed by atoms with van der Waals surface area (Å²) < 4.78 is 34.6. The van der Waals surface area contributed by atoms with Gasteiger partial charge in [-0.15, -0.1) is 0 Å². The van der Waals surface area contributed by atoms with Gasteiger partial charge in [0.15, 0.2) is 15.3 Å². The van der Waals surface area contributed by atoms with Gasteiger partial charge in [0.05, 0.1) is 16.7 Å². The molecule has 1 unspecified atom stereocenters. The Bertz CT molecular complexity index is 1100. The first kappa shape index (κ1) is 19.4. The molecule has 0 radical (unpaired) electrons. The van der Waals surface area contributed by atoms with Gasteiger partial charge < -0.3 is 9.15 Å². The summed E-state index contributed by atoms with van der Waals surface area (Å²) in [6.45, 7) is 0. The SMILES string of the molecule is COC(c1ccc(S(C)(=O)=O)cc1)c1occc(=O)c1-c1ccc(Cl)cc1. The molecule has 27 heavy (non-hydrogen) atoms. The van der Waals surface area contributed by atoms with Crippen molar-refractivity contribution in [3.63, 3.8) is 0 Å². The van der Waals surface area contributed by atoms with Crippen molar-refractivity contribution in [3.8, 4) is 11.1 Å². The van der Waals surface area contributed by atoms with Gasteiger partial charge in [-0.05, 0) is 35.4 Å². The molecular formula is C20H17ClO5S. The minimum Gasteiger partial charge on any atom is -0.465 e. The summed E-state index contributed by atoms with van der Waals surface area (Å²) in [6, 6.07) is 14.5. The average molecular weight is 405 g/mol. The second kappa shape index (κ2) is 7.68. The summed E-state index contributed by atoms with van der Waals surface area (Å²) in [7, 11) is -1.81. The molecule has 3 rings (SSSR count). The standard InChI is InChI=1S/C20H17ClO5S/c1-25-19(14-5-9-16(10-6-14)27(2,23)24)20-18(17(22)11-12-26-20)13-3-7-15(21)8-4-13/h3-12,19H,1-2H3. The van der Waals surface area contributed by atoms with E-state index in [0.29, 0.717) is 27.5 Å². The predicted octanol–water partition coefficient (Wildman–Crippen LogP) is 4.10. The maximum absolute atomic E-state index is 12.5. The number of sulfone groups is 1. The molecule has 0 saturated carbocycles. The summed E-state index contributed by atoms with van der Waals surface area (Å²) in [5, 5.41) is 0.556. The van der Waals surface area contributed by atoms with Crippen LogP contribution in [0.2, 0.25) is 5.02 Å². The molecule has 0 aliphatic heterocycles. The molecule has 0 amide bonds. The minimum absolute atomic E-state index is 0.202. The molecular weight excluding hydrogens is 388 g/mol. The van der Waals surface area contributed by atoms with E-state index in [1.54, 1.807) is 36.4 Å². The van der Waals surface area contributed by atoms with Gasteiger partial charge >= 0.3 is 0 Å². The number of hydrogen-bond donors (Lipinski definition) is 0. The molecule has 5 nitrogen and oxygen atoms in total. The molecule has 0 saturated heterocycles. The van der Waals surface area contributed by atoms with Crippen molar-refractivity contribution >= 4 is 21.4 Å². The number of rotatable bonds is 5. The molecule has 0 fully saturated rings. The molecule has 2 aromatic carbocycles. The number of ether oxygens (including phenoxy) is 1. The van der Waals surface area contributed by atoms with Crippen LogP contribution in [-0.4, -0.2) is 21.8 Å². The summed E-state index contributed by atoms with van der Waals surface area (Å²) in [6.07, 6.45) is 1.77. The maximum atomic E-state index is 12.5. The van der Waals surface area contributed by atoms with Crippen molar-refractivity contribution in [2.45, 2.75) is 11.0 Å². The molecule has 140 valence electrons. The summed E-state index contributed by atoms with van der Waals surface area (Å²) in [5.74, 6) is 0.333. The van der Waals surface area contributed by atoms with E-state index >= 15 is 0 Å². The lowest BCUT2D eigenvalue weighted by atomic mass is 9.98. The maximum Gasteiger partial charge on any atom is 0.193 e. The molecule has 0 aliphatic carbocycles. The van der Waals surface area contributed by atoms with Gasteiger partial charge in [-0.25, -0.2) is 8.42 Å².